The lowest BCUT2D eigenvalue weighted by Crippen LogP contribution is -2.37. The van der Waals surface area contributed by atoms with Crippen LogP contribution in [0, 0.1) is 25.2 Å². The Morgan fingerprint density at radius 3 is 2.75 bits per heavy atom. The van der Waals surface area contributed by atoms with Gasteiger partial charge in [0, 0.05) is 6.54 Å². The van der Waals surface area contributed by atoms with Gasteiger partial charge in [-0.3, -0.25) is 4.90 Å². The van der Waals surface area contributed by atoms with E-state index in [0.717, 1.165) is 30.1 Å². The Labute approximate surface area is 142 Å². The van der Waals surface area contributed by atoms with Crippen LogP contribution in [0.5, 0.6) is 0 Å². The molecule has 0 saturated carbocycles. The van der Waals surface area contributed by atoms with Crippen LogP contribution in [0.3, 0.4) is 0 Å². The summed E-state index contributed by atoms with van der Waals surface area (Å²) in [5, 5.41) is 21.1. The molecule has 0 aliphatic carbocycles. The predicted molar refractivity (Wildman–Crippen MR) is 91.6 cm³/mol. The number of hydrogen-bond acceptors (Lipinski definition) is 6. The van der Waals surface area contributed by atoms with Crippen LogP contribution < -0.4 is 5.32 Å². The summed E-state index contributed by atoms with van der Waals surface area (Å²) in [4.78, 5) is 2.44. The number of nitriles is 1. The average molecular weight is 325 g/mol. The fourth-order valence-corrected chi connectivity index (χ4v) is 3.18. The number of furan rings is 1. The van der Waals surface area contributed by atoms with E-state index in [4.69, 9.17) is 4.42 Å². The second-order valence-electron chi connectivity index (χ2n) is 6.25. The first-order valence-corrected chi connectivity index (χ1v) is 8.46. The van der Waals surface area contributed by atoms with E-state index in [1.165, 1.54) is 19.3 Å². The monoisotopic (exact) mass is 325 g/mol. The first-order chi connectivity index (χ1) is 11.7. The molecule has 126 valence electrons. The minimum Gasteiger partial charge on any atom is -0.468 e. The van der Waals surface area contributed by atoms with Crippen molar-refractivity contribution in [3.05, 3.63) is 41.0 Å². The number of hydrogen-bond donors (Lipinski definition) is 1. The smallest absolute Gasteiger partial charge is 0.167 e. The summed E-state index contributed by atoms with van der Waals surface area (Å²) in [6.07, 6.45) is 5.42. The fraction of sp³-hybridized carbons (Fsp3) is 0.500. The number of rotatable bonds is 5. The zero-order chi connectivity index (χ0) is 16.9. The molecule has 3 rings (SSSR count). The molecular weight excluding hydrogens is 302 g/mol. The van der Waals surface area contributed by atoms with Gasteiger partial charge in [0.05, 0.1) is 18.0 Å². The van der Waals surface area contributed by atoms with Crippen molar-refractivity contribution in [2.45, 2.75) is 39.2 Å². The van der Waals surface area contributed by atoms with Gasteiger partial charge in [-0.1, -0.05) is 6.42 Å². The molecule has 3 heterocycles. The molecule has 1 saturated heterocycles. The zero-order valence-electron chi connectivity index (χ0n) is 14.2. The summed E-state index contributed by atoms with van der Waals surface area (Å²) in [6.45, 7) is 6.54. The number of piperidine rings is 1. The van der Waals surface area contributed by atoms with Crippen LogP contribution in [-0.4, -0.2) is 34.7 Å². The lowest BCUT2D eigenvalue weighted by atomic mass is 10.1. The number of aromatic nitrogens is 2. The highest BCUT2D eigenvalue weighted by Crippen LogP contribution is 2.26. The Morgan fingerprint density at radius 2 is 2.08 bits per heavy atom. The topological polar surface area (TPSA) is 78.0 Å². The Kier molecular flexibility index (Phi) is 5.11. The number of nitrogens with one attached hydrogen (secondary N) is 1. The van der Waals surface area contributed by atoms with Crippen LogP contribution in [0.15, 0.2) is 22.8 Å². The molecule has 0 amide bonds. The van der Waals surface area contributed by atoms with E-state index < -0.39 is 0 Å². The third-order valence-corrected chi connectivity index (χ3v) is 4.73. The van der Waals surface area contributed by atoms with Gasteiger partial charge in [0.1, 0.15) is 17.4 Å². The van der Waals surface area contributed by atoms with Gasteiger partial charge in [-0.05, 0) is 57.5 Å². The van der Waals surface area contributed by atoms with Crippen LogP contribution in [0.4, 0.5) is 5.82 Å². The van der Waals surface area contributed by atoms with Gasteiger partial charge >= 0.3 is 0 Å². The van der Waals surface area contributed by atoms with Gasteiger partial charge in [0.15, 0.2) is 5.82 Å². The van der Waals surface area contributed by atoms with Crippen molar-refractivity contribution < 1.29 is 4.42 Å². The molecule has 0 aromatic carbocycles. The maximum absolute atomic E-state index is 9.43. The Morgan fingerprint density at radius 1 is 1.29 bits per heavy atom. The largest absolute Gasteiger partial charge is 0.468 e. The predicted octanol–water partition coefficient (Wildman–Crippen LogP) is 3.20. The van der Waals surface area contributed by atoms with Crippen molar-refractivity contribution in [2.24, 2.45) is 0 Å². The van der Waals surface area contributed by atoms with E-state index in [-0.39, 0.29) is 6.04 Å². The highest BCUT2D eigenvalue weighted by atomic mass is 16.3. The minimum absolute atomic E-state index is 0.134. The van der Waals surface area contributed by atoms with E-state index in [1.54, 1.807) is 6.26 Å². The Bertz CT molecular complexity index is 714. The van der Waals surface area contributed by atoms with Crippen molar-refractivity contribution in [1.29, 1.82) is 5.26 Å². The third-order valence-electron chi connectivity index (χ3n) is 4.73. The average Bonchev–Trinajstić information content (AvgIpc) is 3.13. The van der Waals surface area contributed by atoms with Gasteiger partial charge in [-0.15, -0.1) is 5.10 Å². The molecule has 24 heavy (non-hydrogen) atoms. The fourth-order valence-electron chi connectivity index (χ4n) is 3.18. The molecule has 1 aliphatic rings. The summed E-state index contributed by atoms with van der Waals surface area (Å²) < 4.78 is 5.65. The number of likely N-dealkylation sites (tertiary alicyclic amines) is 1. The second-order valence-corrected chi connectivity index (χ2v) is 6.25. The summed E-state index contributed by atoms with van der Waals surface area (Å²) in [5.41, 5.74) is 2.23. The molecule has 2 aromatic rings. The van der Waals surface area contributed by atoms with Crippen molar-refractivity contribution in [2.75, 3.05) is 25.0 Å². The number of anilines is 1. The molecule has 2 aromatic heterocycles. The SMILES string of the molecule is Cc1nnc(NC[C@H](c2ccco2)N2CCCCC2)c(C#N)c1C. The van der Waals surface area contributed by atoms with E-state index in [9.17, 15) is 5.26 Å². The maximum atomic E-state index is 9.43. The highest BCUT2D eigenvalue weighted by Gasteiger charge is 2.25. The van der Waals surface area contributed by atoms with E-state index in [1.807, 2.05) is 26.0 Å². The molecular formula is C18H23N5O. The number of nitrogens with zero attached hydrogens (tertiary/aromatic N) is 4. The van der Waals surface area contributed by atoms with Gasteiger partial charge in [0.25, 0.3) is 0 Å². The standard InChI is InChI=1S/C18H23N5O/c1-13-14(2)21-22-18(15(13)11-19)20-12-16(17-7-6-10-24-17)23-8-4-3-5-9-23/h6-7,10,16H,3-5,8-9,12H2,1-2H3,(H,20,22)/t16-/m1/s1. The maximum Gasteiger partial charge on any atom is 0.167 e. The lowest BCUT2D eigenvalue weighted by Gasteiger charge is -2.33. The van der Waals surface area contributed by atoms with Crippen LogP contribution in [0.1, 0.15) is 47.9 Å². The van der Waals surface area contributed by atoms with Gasteiger partial charge < -0.3 is 9.73 Å². The molecule has 6 nitrogen and oxygen atoms in total. The van der Waals surface area contributed by atoms with Gasteiger partial charge in [-0.2, -0.15) is 10.4 Å². The summed E-state index contributed by atoms with van der Waals surface area (Å²) >= 11 is 0. The van der Waals surface area contributed by atoms with E-state index in [2.05, 4.69) is 26.5 Å². The van der Waals surface area contributed by atoms with Crippen LogP contribution in [0.25, 0.3) is 0 Å². The van der Waals surface area contributed by atoms with E-state index >= 15 is 0 Å². The van der Waals surface area contributed by atoms with Crippen LogP contribution >= 0.6 is 0 Å². The van der Waals surface area contributed by atoms with Gasteiger partial charge in [-0.25, -0.2) is 0 Å². The molecule has 1 fully saturated rings. The minimum atomic E-state index is 0.134. The van der Waals surface area contributed by atoms with E-state index in [0.29, 0.717) is 17.9 Å². The summed E-state index contributed by atoms with van der Waals surface area (Å²) in [6, 6.07) is 6.31. The molecule has 0 bridgehead atoms. The lowest BCUT2D eigenvalue weighted by molar-refractivity contribution is 0.152. The quantitative estimate of drug-likeness (QED) is 0.909. The summed E-state index contributed by atoms with van der Waals surface area (Å²) in [5.74, 6) is 1.49. The molecule has 0 spiro atoms. The second kappa shape index (κ2) is 7.45. The molecule has 1 atom stereocenters. The first-order valence-electron chi connectivity index (χ1n) is 8.46. The number of aryl methyl sites for hydroxylation is 1. The molecule has 0 radical (unpaired) electrons. The first kappa shape index (κ1) is 16.5. The van der Waals surface area contributed by atoms with Crippen molar-refractivity contribution in [3.63, 3.8) is 0 Å². The molecule has 6 heteroatoms. The highest BCUT2D eigenvalue weighted by molar-refractivity contribution is 5.55. The third kappa shape index (κ3) is 3.41. The van der Waals surface area contributed by atoms with Crippen molar-refractivity contribution >= 4 is 5.82 Å². The van der Waals surface area contributed by atoms with Crippen LogP contribution in [0.2, 0.25) is 0 Å². The normalized spacial score (nSPS) is 16.5. The molecule has 0 unspecified atom stereocenters. The Balaban J connectivity index is 1.79. The molecule has 1 aliphatic heterocycles. The zero-order valence-corrected chi connectivity index (χ0v) is 14.2. The Hall–Kier alpha value is -2.39. The van der Waals surface area contributed by atoms with Gasteiger partial charge in [0.2, 0.25) is 0 Å². The van der Waals surface area contributed by atoms with Crippen molar-refractivity contribution in [3.8, 4) is 6.07 Å². The molecule has 1 N–H and O–H groups in total. The van der Waals surface area contributed by atoms with Crippen molar-refractivity contribution in [1.82, 2.24) is 15.1 Å². The van der Waals surface area contributed by atoms with Crippen LogP contribution in [-0.2, 0) is 0 Å². The summed E-state index contributed by atoms with van der Waals surface area (Å²) in [7, 11) is 0.